The Morgan fingerprint density at radius 2 is 1.63 bits per heavy atom. The molecule has 1 aliphatic rings. The first kappa shape index (κ1) is 18.8. The predicted octanol–water partition coefficient (Wildman–Crippen LogP) is 4.59. The second-order valence-electron chi connectivity index (χ2n) is 7.28. The first-order valence-corrected chi connectivity index (χ1v) is 11.2. The van der Waals surface area contributed by atoms with Crippen LogP contribution in [-0.2, 0) is 10.0 Å². The molecule has 0 saturated carbocycles. The van der Waals surface area contributed by atoms with Crippen LogP contribution in [0.4, 0.5) is 0 Å². The lowest BCUT2D eigenvalue weighted by Gasteiger charge is -2.15. The largest absolute Gasteiger partial charge is 0.456 e. The monoisotopic (exact) mass is 421 g/mol. The molecule has 0 N–H and O–H groups in total. The zero-order chi connectivity index (χ0) is 20.7. The van der Waals surface area contributed by atoms with E-state index in [-0.39, 0.29) is 10.5 Å². The Kier molecular flexibility index (Phi) is 4.56. The molecular weight excluding hydrogens is 402 g/mol. The minimum atomic E-state index is -3.60. The number of nitrogens with zero attached hydrogens (tertiary/aromatic N) is 1. The van der Waals surface area contributed by atoms with Crippen molar-refractivity contribution in [3.05, 3.63) is 72.3 Å². The Labute approximate surface area is 173 Å². The molecule has 152 valence electrons. The summed E-state index contributed by atoms with van der Waals surface area (Å²) in [6.45, 7) is 1.02. The summed E-state index contributed by atoms with van der Waals surface area (Å²) in [6.07, 6.45) is 1.71. The van der Waals surface area contributed by atoms with Gasteiger partial charge in [-0.05, 0) is 55.3 Å². The van der Waals surface area contributed by atoms with Gasteiger partial charge in [-0.25, -0.2) is 13.2 Å². The molecular formula is C23H19NO5S. The van der Waals surface area contributed by atoms with Crippen LogP contribution in [0.15, 0.2) is 76.0 Å². The maximum atomic E-state index is 12.8. The van der Waals surface area contributed by atoms with Crippen LogP contribution in [0.5, 0.6) is 5.75 Å². The molecule has 4 aromatic rings. The number of benzene rings is 3. The van der Waals surface area contributed by atoms with Crippen LogP contribution in [-0.4, -0.2) is 31.8 Å². The number of fused-ring (bicyclic) bond motifs is 3. The van der Waals surface area contributed by atoms with Gasteiger partial charge in [0.25, 0.3) is 0 Å². The molecule has 0 radical (unpaired) electrons. The van der Waals surface area contributed by atoms with Crippen LogP contribution < -0.4 is 4.74 Å². The average Bonchev–Trinajstić information content (AvgIpc) is 3.42. The number of hydrogen-bond donors (Lipinski definition) is 0. The van der Waals surface area contributed by atoms with Crippen molar-refractivity contribution in [1.29, 1.82) is 0 Å². The van der Waals surface area contributed by atoms with E-state index in [2.05, 4.69) is 0 Å². The number of sulfonamides is 1. The van der Waals surface area contributed by atoms with Crippen molar-refractivity contribution >= 4 is 37.9 Å². The van der Waals surface area contributed by atoms with E-state index in [9.17, 15) is 13.2 Å². The van der Waals surface area contributed by atoms with Gasteiger partial charge in [0.2, 0.25) is 10.0 Å². The second-order valence-corrected chi connectivity index (χ2v) is 9.22. The summed E-state index contributed by atoms with van der Waals surface area (Å²) in [6, 6.07) is 18.8. The number of furan rings is 1. The van der Waals surface area contributed by atoms with Gasteiger partial charge in [0, 0.05) is 23.9 Å². The van der Waals surface area contributed by atoms with Gasteiger partial charge in [-0.3, -0.25) is 0 Å². The van der Waals surface area contributed by atoms with Crippen LogP contribution >= 0.6 is 0 Å². The van der Waals surface area contributed by atoms with Crippen molar-refractivity contribution in [3.8, 4) is 5.75 Å². The summed E-state index contributed by atoms with van der Waals surface area (Å²) in [5.74, 6) is -0.243. The van der Waals surface area contributed by atoms with Crippen molar-refractivity contribution < 1.29 is 22.4 Å². The fourth-order valence-corrected chi connectivity index (χ4v) is 5.36. The third-order valence-electron chi connectivity index (χ3n) is 5.33. The van der Waals surface area contributed by atoms with E-state index in [1.807, 2.05) is 24.3 Å². The van der Waals surface area contributed by atoms with Gasteiger partial charge in [0.05, 0.1) is 10.5 Å². The van der Waals surface area contributed by atoms with Gasteiger partial charge in [0.1, 0.15) is 16.9 Å². The van der Waals surface area contributed by atoms with E-state index < -0.39 is 16.0 Å². The maximum absolute atomic E-state index is 12.8. The number of esters is 1. The highest BCUT2D eigenvalue weighted by Crippen LogP contribution is 2.31. The van der Waals surface area contributed by atoms with E-state index >= 15 is 0 Å². The molecule has 1 fully saturated rings. The molecule has 30 heavy (non-hydrogen) atoms. The molecule has 0 bridgehead atoms. The summed E-state index contributed by atoms with van der Waals surface area (Å²) in [7, 11) is -3.60. The van der Waals surface area contributed by atoms with E-state index in [0.29, 0.717) is 24.4 Å². The van der Waals surface area contributed by atoms with Crippen LogP contribution in [0.25, 0.3) is 21.9 Å². The Hall–Kier alpha value is -3.16. The van der Waals surface area contributed by atoms with Gasteiger partial charge >= 0.3 is 5.97 Å². The molecule has 0 spiro atoms. The fraction of sp³-hybridized carbons (Fsp3) is 0.174. The molecule has 0 aliphatic carbocycles. The number of rotatable bonds is 4. The van der Waals surface area contributed by atoms with Gasteiger partial charge in [-0.2, -0.15) is 4.31 Å². The van der Waals surface area contributed by atoms with Crippen molar-refractivity contribution in [2.75, 3.05) is 13.1 Å². The topological polar surface area (TPSA) is 76.8 Å². The van der Waals surface area contributed by atoms with E-state index in [1.54, 1.807) is 30.3 Å². The maximum Gasteiger partial charge on any atom is 0.343 e. The Morgan fingerprint density at radius 3 is 2.47 bits per heavy atom. The van der Waals surface area contributed by atoms with Crippen molar-refractivity contribution in [2.45, 2.75) is 17.7 Å². The summed E-state index contributed by atoms with van der Waals surface area (Å²) in [5.41, 5.74) is 1.65. The van der Waals surface area contributed by atoms with Crippen LogP contribution in [0.3, 0.4) is 0 Å². The van der Waals surface area contributed by atoms with E-state index in [4.69, 9.17) is 9.15 Å². The lowest BCUT2D eigenvalue weighted by Crippen LogP contribution is -2.28. The van der Waals surface area contributed by atoms with Crippen LogP contribution in [0.2, 0.25) is 0 Å². The first-order chi connectivity index (χ1) is 14.5. The molecule has 7 heteroatoms. The Balaban J connectivity index is 1.43. The Morgan fingerprint density at radius 1 is 0.867 bits per heavy atom. The lowest BCUT2D eigenvalue weighted by atomic mass is 10.1. The lowest BCUT2D eigenvalue weighted by molar-refractivity contribution is 0.0734. The average molecular weight is 421 g/mol. The van der Waals surface area contributed by atoms with Crippen molar-refractivity contribution in [2.24, 2.45) is 0 Å². The van der Waals surface area contributed by atoms with Gasteiger partial charge in [-0.1, -0.05) is 24.3 Å². The van der Waals surface area contributed by atoms with Gasteiger partial charge < -0.3 is 9.15 Å². The quantitative estimate of drug-likeness (QED) is 0.356. The zero-order valence-electron chi connectivity index (χ0n) is 16.1. The molecule has 1 saturated heterocycles. The van der Waals surface area contributed by atoms with Crippen molar-refractivity contribution in [1.82, 2.24) is 4.31 Å². The number of ether oxygens (including phenoxy) is 1. The number of carbonyl (C=O) groups is 1. The fourth-order valence-electron chi connectivity index (χ4n) is 3.80. The molecule has 6 nitrogen and oxygen atoms in total. The van der Waals surface area contributed by atoms with Crippen molar-refractivity contribution in [3.63, 3.8) is 0 Å². The number of para-hydroxylation sites is 1. The molecule has 3 aromatic carbocycles. The molecule has 1 aromatic heterocycles. The summed E-state index contributed by atoms with van der Waals surface area (Å²) < 4.78 is 38.3. The summed E-state index contributed by atoms with van der Waals surface area (Å²) in [4.78, 5) is 12.8. The minimum Gasteiger partial charge on any atom is -0.456 e. The van der Waals surface area contributed by atoms with Crippen LogP contribution in [0.1, 0.15) is 23.2 Å². The predicted molar refractivity (Wildman–Crippen MR) is 113 cm³/mol. The minimum absolute atomic E-state index is 0.107. The molecule has 0 amide bonds. The Bertz CT molecular complexity index is 1370. The smallest absolute Gasteiger partial charge is 0.343 e. The molecule has 5 rings (SSSR count). The highest BCUT2D eigenvalue weighted by atomic mass is 32.2. The summed E-state index contributed by atoms with van der Waals surface area (Å²) >= 11 is 0. The highest BCUT2D eigenvalue weighted by molar-refractivity contribution is 7.89. The standard InChI is InChI=1S/C23H19NO5S/c25-23(16-6-5-7-18(14-16)30(26,27)24-12-3-4-13-24)28-17-10-11-22-20(15-17)19-8-1-2-9-21(19)29-22/h1-2,5-11,14-15H,3-4,12-13H2. The summed E-state index contributed by atoms with van der Waals surface area (Å²) in [5, 5.41) is 1.78. The molecule has 1 aliphatic heterocycles. The first-order valence-electron chi connectivity index (χ1n) is 9.76. The number of hydrogen-bond acceptors (Lipinski definition) is 5. The SMILES string of the molecule is O=C(Oc1ccc2oc3ccccc3c2c1)c1cccc(S(=O)(=O)N2CCCC2)c1. The third-order valence-corrected chi connectivity index (χ3v) is 7.23. The molecule has 0 unspecified atom stereocenters. The normalized spacial score (nSPS) is 15.1. The zero-order valence-corrected chi connectivity index (χ0v) is 16.9. The van der Waals surface area contributed by atoms with Gasteiger partial charge in [-0.15, -0.1) is 0 Å². The second kappa shape index (κ2) is 7.27. The third kappa shape index (κ3) is 3.26. The van der Waals surface area contributed by atoms with E-state index in [1.165, 1.54) is 16.4 Å². The van der Waals surface area contributed by atoms with E-state index in [0.717, 1.165) is 29.2 Å². The van der Waals surface area contributed by atoms with Crippen LogP contribution in [0, 0.1) is 0 Å². The molecule has 0 atom stereocenters. The number of carbonyl (C=O) groups excluding carboxylic acids is 1. The molecule has 2 heterocycles. The highest BCUT2D eigenvalue weighted by Gasteiger charge is 2.27. The van der Waals surface area contributed by atoms with Gasteiger partial charge in [0.15, 0.2) is 0 Å².